The van der Waals surface area contributed by atoms with Gasteiger partial charge in [-0.2, -0.15) is 0 Å². The predicted octanol–water partition coefficient (Wildman–Crippen LogP) is 3.68. The molecule has 1 aliphatic heterocycles. The zero-order chi connectivity index (χ0) is 14.0. The lowest BCUT2D eigenvalue weighted by molar-refractivity contribution is 0.242. The van der Waals surface area contributed by atoms with Crippen LogP contribution in [0.4, 0.5) is 11.4 Å². The molecule has 0 bridgehead atoms. The van der Waals surface area contributed by atoms with E-state index in [1.54, 1.807) is 0 Å². The summed E-state index contributed by atoms with van der Waals surface area (Å²) in [5.41, 5.74) is 8.42. The van der Waals surface area contributed by atoms with Gasteiger partial charge in [-0.1, -0.05) is 13.8 Å². The van der Waals surface area contributed by atoms with Crippen molar-refractivity contribution in [1.29, 1.82) is 0 Å². The Balaban J connectivity index is 2.14. The molecular weight excluding hydrogens is 236 g/mol. The third kappa shape index (κ3) is 3.79. The number of rotatable bonds is 3. The highest BCUT2D eigenvalue weighted by molar-refractivity contribution is 5.60. The molecule has 0 radical (unpaired) electrons. The zero-order valence-corrected chi connectivity index (χ0v) is 12.6. The van der Waals surface area contributed by atoms with Gasteiger partial charge in [0.2, 0.25) is 0 Å². The monoisotopic (exact) mass is 262 g/mol. The fourth-order valence-corrected chi connectivity index (χ4v) is 2.50. The van der Waals surface area contributed by atoms with E-state index in [9.17, 15) is 0 Å². The third-order valence-electron chi connectivity index (χ3n) is 3.77. The highest BCUT2D eigenvalue weighted by Gasteiger charge is 2.25. The average molecular weight is 262 g/mol. The molecule has 0 unspecified atom stereocenters. The smallest absolute Gasteiger partial charge is 0.123 e. The lowest BCUT2D eigenvalue weighted by Gasteiger charge is -2.38. The van der Waals surface area contributed by atoms with Crippen molar-refractivity contribution in [1.82, 2.24) is 0 Å². The lowest BCUT2D eigenvalue weighted by atomic mass is 9.82. The minimum Gasteiger partial charge on any atom is -0.491 e. The fraction of sp³-hybridized carbons (Fsp3) is 0.625. The van der Waals surface area contributed by atoms with Gasteiger partial charge < -0.3 is 15.4 Å². The van der Waals surface area contributed by atoms with Crippen LogP contribution in [-0.4, -0.2) is 19.2 Å². The van der Waals surface area contributed by atoms with E-state index in [2.05, 4.69) is 24.8 Å². The Labute approximate surface area is 116 Å². The van der Waals surface area contributed by atoms with Crippen LogP contribution < -0.4 is 15.4 Å². The molecule has 2 N–H and O–H groups in total. The van der Waals surface area contributed by atoms with Crippen LogP contribution in [0.1, 0.15) is 40.5 Å². The van der Waals surface area contributed by atoms with E-state index < -0.39 is 0 Å². The first-order valence-electron chi connectivity index (χ1n) is 7.18. The molecule has 19 heavy (non-hydrogen) atoms. The number of nitrogen functional groups attached to an aromatic ring is 1. The van der Waals surface area contributed by atoms with E-state index >= 15 is 0 Å². The maximum atomic E-state index is 5.99. The van der Waals surface area contributed by atoms with Crippen LogP contribution in [0.2, 0.25) is 0 Å². The number of ether oxygens (including phenoxy) is 1. The molecule has 0 atom stereocenters. The van der Waals surface area contributed by atoms with Crippen LogP contribution in [0.3, 0.4) is 0 Å². The molecule has 2 rings (SSSR count). The Morgan fingerprint density at radius 2 is 1.79 bits per heavy atom. The Kier molecular flexibility index (Phi) is 3.93. The summed E-state index contributed by atoms with van der Waals surface area (Å²) in [5.74, 6) is 0.870. The number of benzene rings is 1. The van der Waals surface area contributed by atoms with Crippen molar-refractivity contribution < 1.29 is 4.74 Å². The first-order chi connectivity index (χ1) is 8.85. The number of hydrogen-bond acceptors (Lipinski definition) is 3. The van der Waals surface area contributed by atoms with E-state index in [4.69, 9.17) is 10.5 Å². The van der Waals surface area contributed by atoms with Crippen molar-refractivity contribution in [3.63, 3.8) is 0 Å². The van der Waals surface area contributed by atoms with Crippen LogP contribution in [0.25, 0.3) is 0 Å². The maximum Gasteiger partial charge on any atom is 0.123 e. The summed E-state index contributed by atoms with van der Waals surface area (Å²) >= 11 is 0. The van der Waals surface area contributed by atoms with Crippen molar-refractivity contribution in [2.24, 2.45) is 5.41 Å². The summed E-state index contributed by atoms with van der Waals surface area (Å²) in [6.07, 6.45) is 2.62. The topological polar surface area (TPSA) is 38.5 Å². The van der Waals surface area contributed by atoms with Crippen LogP contribution in [0.5, 0.6) is 5.75 Å². The Hall–Kier alpha value is -1.38. The summed E-state index contributed by atoms with van der Waals surface area (Å²) in [4.78, 5) is 2.41. The summed E-state index contributed by atoms with van der Waals surface area (Å²) in [6, 6.07) is 6.05. The predicted molar refractivity (Wildman–Crippen MR) is 81.8 cm³/mol. The molecule has 1 aliphatic rings. The molecule has 1 saturated heterocycles. The summed E-state index contributed by atoms with van der Waals surface area (Å²) in [5, 5.41) is 0. The molecule has 1 heterocycles. The lowest BCUT2D eigenvalue weighted by Crippen LogP contribution is -2.37. The largest absolute Gasteiger partial charge is 0.491 e. The highest BCUT2D eigenvalue weighted by Crippen LogP contribution is 2.34. The number of piperidine rings is 1. The highest BCUT2D eigenvalue weighted by atomic mass is 16.5. The Morgan fingerprint density at radius 1 is 1.16 bits per heavy atom. The van der Waals surface area contributed by atoms with Gasteiger partial charge in [-0.05, 0) is 38.2 Å². The van der Waals surface area contributed by atoms with E-state index in [0.717, 1.165) is 24.5 Å². The van der Waals surface area contributed by atoms with Gasteiger partial charge in [0.25, 0.3) is 0 Å². The van der Waals surface area contributed by atoms with Gasteiger partial charge in [-0.15, -0.1) is 0 Å². The quantitative estimate of drug-likeness (QED) is 0.844. The van der Waals surface area contributed by atoms with Crippen molar-refractivity contribution >= 4 is 11.4 Å². The zero-order valence-electron chi connectivity index (χ0n) is 12.6. The van der Waals surface area contributed by atoms with Crippen molar-refractivity contribution in [2.45, 2.75) is 46.6 Å². The second-order valence-corrected chi connectivity index (χ2v) is 6.58. The molecular formula is C16H26N2O. The van der Waals surface area contributed by atoms with Gasteiger partial charge in [-0.3, -0.25) is 0 Å². The van der Waals surface area contributed by atoms with Crippen molar-refractivity contribution in [3.05, 3.63) is 18.2 Å². The standard InChI is InChI=1S/C16H26N2O/c1-12(2)19-15-10-13(17)9-14(11-15)18-7-5-16(3,4)6-8-18/h9-12H,5-8,17H2,1-4H3. The van der Waals surface area contributed by atoms with Crippen molar-refractivity contribution in [3.8, 4) is 5.75 Å². The number of anilines is 2. The molecule has 3 nitrogen and oxygen atoms in total. The van der Waals surface area contributed by atoms with Crippen LogP contribution in [-0.2, 0) is 0 Å². The number of hydrogen-bond donors (Lipinski definition) is 1. The van der Waals surface area contributed by atoms with Gasteiger partial charge in [0, 0.05) is 36.6 Å². The molecule has 1 aromatic carbocycles. The molecule has 0 saturated carbocycles. The van der Waals surface area contributed by atoms with E-state index in [1.807, 2.05) is 26.0 Å². The van der Waals surface area contributed by atoms with Crippen LogP contribution in [0.15, 0.2) is 18.2 Å². The average Bonchev–Trinajstić information content (AvgIpc) is 2.26. The second-order valence-electron chi connectivity index (χ2n) is 6.58. The first-order valence-corrected chi connectivity index (χ1v) is 7.18. The third-order valence-corrected chi connectivity index (χ3v) is 3.77. The Bertz CT molecular complexity index is 430. The van der Waals surface area contributed by atoms with E-state index in [0.29, 0.717) is 5.41 Å². The molecule has 0 spiro atoms. The minimum absolute atomic E-state index is 0.176. The second kappa shape index (κ2) is 5.32. The number of nitrogens with zero attached hydrogens (tertiary/aromatic N) is 1. The van der Waals surface area contributed by atoms with Gasteiger partial charge in [-0.25, -0.2) is 0 Å². The van der Waals surface area contributed by atoms with Gasteiger partial charge in [0.1, 0.15) is 5.75 Å². The fourth-order valence-electron chi connectivity index (χ4n) is 2.50. The molecule has 1 aromatic rings. The molecule has 0 aliphatic carbocycles. The van der Waals surface area contributed by atoms with Crippen molar-refractivity contribution in [2.75, 3.05) is 23.7 Å². The SMILES string of the molecule is CC(C)Oc1cc(N)cc(N2CCC(C)(C)CC2)c1. The summed E-state index contributed by atoms with van der Waals surface area (Å²) < 4.78 is 5.76. The van der Waals surface area contributed by atoms with Crippen LogP contribution >= 0.6 is 0 Å². The Morgan fingerprint density at radius 3 is 2.37 bits per heavy atom. The van der Waals surface area contributed by atoms with Gasteiger partial charge in [0.05, 0.1) is 6.10 Å². The maximum absolute atomic E-state index is 5.99. The van der Waals surface area contributed by atoms with Gasteiger partial charge >= 0.3 is 0 Å². The molecule has 106 valence electrons. The number of nitrogens with two attached hydrogens (primary N) is 1. The minimum atomic E-state index is 0.176. The molecule has 0 aromatic heterocycles. The van der Waals surface area contributed by atoms with Gasteiger partial charge in [0.15, 0.2) is 0 Å². The molecule has 3 heteroatoms. The van der Waals surface area contributed by atoms with E-state index in [1.165, 1.54) is 18.5 Å². The summed E-state index contributed by atoms with van der Waals surface area (Å²) in [6.45, 7) is 10.9. The molecule has 0 amide bonds. The summed E-state index contributed by atoms with van der Waals surface area (Å²) in [7, 11) is 0. The molecule has 1 fully saturated rings. The van der Waals surface area contributed by atoms with E-state index in [-0.39, 0.29) is 6.10 Å². The normalized spacial score (nSPS) is 18.7. The van der Waals surface area contributed by atoms with Crippen LogP contribution in [0, 0.1) is 5.41 Å². The first kappa shape index (κ1) is 14.0.